The maximum Gasteiger partial charge on any atom is 0.322 e. The van der Waals surface area contributed by atoms with Gasteiger partial charge in [-0.2, -0.15) is 0 Å². The lowest BCUT2D eigenvalue weighted by atomic mass is 9.95. The van der Waals surface area contributed by atoms with Crippen LogP contribution in [0.25, 0.3) is 0 Å². The van der Waals surface area contributed by atoms with Gasteiger partial charge in [0.15, 0.2) is 0 Å². The molecule has 2 heterocycles. The van der Waals surface area contributed by atoms with Crippen molar-refractivity contribution in [1.82, 2.24) is 20.4 Å². The van der Waals surface area contributed by atoms with Crippen molar-refractivity contribution >= 4 is 17.8 Å². The van der Waals surface area contributed by atoms with Crippen molar-refractivity contribution in [3.05, 3.63) is 84.1 Å². The van der Waals surface area contributed by atoms with Crippen LogP contribution in [0.15, 0.2) is 78.5 Å². The van der Waals surface area contributed by atoms with Crippen LogP contribution in [-0.4, -0.2) is 53.3 Å². The number of nitrogens with zero attached hydrogens (tertiary/aromatic N) is 2. The van der Waals surface area contributed by atoms with Crippen molar-refractivity contribution < 1.29 is 19.1 Å². The summed E-state index contributed by atoms with van der Waals surface area (Å²) in [5.74, 6) is 0.850. The first-order chi connectivity index (χ1) is 16.5. The Kier molecular flexibility index (Phi) is 5.79. The molecule has 2 N–H and O–H groups in total. The largest absolute Gasteiger partial charge is 0.457 e. The first-order valence-corrected chi connectivity index (χ1v) is 11.4. The van der Waals surface area contributed by atoms with Gasteiger partial charge in [0.25, 0.3) is 5.91 Å². The second-order valence-corrected chi connectivity index (χ2v) is 8.63. The van der Waals surface area contributed by atoms with Gasteiger partial charge >= 0.3 is 6.03 Å². The van der Waals surface area contributed by atoms with Crippen molar-refractivity contribution in [3.63, 3.8) is 0 Å². The molecule has 0 saturated heterocycles. The summed E-state index contributed by atoms with van der Waals surface area (Å²) in [6.45, 7) is 4.16. The van der Waals surface area contributed by atoms with E-state index in [1.165, 1.54) is 9.80 Å². The lowest BCUT2D eigenvalue weighted by molar-refractivity contribution is -0.132. The van der Waals surface area contributed by atoms with Gasteiger partial charge in [-0.25, -0.2) is 4.79 Å². The molecule has 2 aromatic carbocycles. The number of para-hydroxylation sites is 1. The lowest BCUT2D eigenvalue weighted by Gasteiger charge is -2.33. The third-order valence-corrected chi connectivity index (χ3v) is 6.06. The van der Waals surface area contributed by atoms with E-state index in [2.05, 4.69) is 17.2 Å². The average molecular weight is 459 g/mol. The highest BCUT2D eigenvalue weighted by atomic mass is 16.5. The van der Waals surface area contributed by atoms with Crippen LogP contribution in [0, 0.1) is 0 Å². The Labute approximate surface area is 197 Å². The third-order valence-electron chi connectivity index (χ3n) is 6.06. The number of ether oxygens (including phenoxy) is 1. The lowest BCUT2D eigenvalue weighted by Crippen LogP contribution is -2.47. The molecule has 8 heteroatoms. The van der Waals surface area contributed by atoms with Gasteiger partial charge in [-0.3, -0.25) is 14.5 Å². The molecule has 0 bridgehead atoms. The summed E-state index contributed by atoms with van der Waals surface area (Å²) in [7, 11) is 0. The molecule has 1 aliphatic carbocycles. The molecule has 34 heavy (non-hydrogen) atoms. The van der Waals surface area contributed by atoms with Crippen LogP contribution in [0.5, 0.6) is 11.5 Å². The highest BCUT2D eigenvalue weighted by molar-refractivity contribution is 6.03. The summed E-state index contributed by atoms with van der Waals surface area (Å²) in [5.41, 5.74) is 1.80. The number of rotatable bonds is 8. The first-order valence-electron chi connectivity index (χ1n) is 11.4. The molecule has 5 rings (SSSR count). The van der Waals surface area contributed by atoms with E-state index in [4.69, 9.17) is 4.74 Å². The van der Waals surface area contributed by atoms with Crippen LogP contribution in [0.3, 0.4) is 0 Å². The zero-order chi connectivity index (χ0) is 23.7. The van der Waals surface area contributed by atoms with Crippen molar-refractivity contribution in [3.8, 4) is 11.5 Å². The Bertz CT molecular complexity index is 1170. The molecular weight excluding hydrogens is 432 g/mol. The molecule has 8 nitrogen and oxygen atoms in total. The van der Waals surface area contributed by atoms with E-state index in [1.807, 2.05) is 54.6 Å². The first kappa shape index (κ1) is 21.8. The predicted octanol–water partition coefficient (Wildman–Crippen LogP) is 3.11. The summed E-state index contributed by atoms with van der Waals surface area (Å²) in [6.07, 6.45) is 3.57. The monoisotopic (exact) mass is 458 g/mol. The molecule has 1 atom stereocenters. The number of hydrogen-bond donors (Lipinski definition) is 2. The fourth-order valence-corrected chi connectivity index (χ4v) is 4.30. The number of benzene rings is 2. The quantitative estimate of drug-likeness (QED) is 0.595. The van der Waals surface area contributed by atoms with E-state index in [0.717, 1.165) is 18.4 Å². The highest BCUT2D eigenvalue weighted by Crippen LogP contribution is 2.37. The van der Waals surface area contributed by atoms with Gasteiger partial charge < -0.3 is 20.3 Å². The maximum atomic E-state index is 13.4. The number of amides is 4. The Morgan fingerprint density at radius 2 is 1.88 bits per heavy atom. The normalized spacial score (nSPS) is 19.6. The van der Waals surface area contributed by atoms with Crippen LogP contribution in [-0.2, 0) is 9.59 Å². The van der Waals surface area contributed by atoms with E-state index < -0.39 is 6.04 Å². The summed E-state index contributed by atoms with van der Waals surface area (Å²) >= 11 is 0. The molecule has 174 valence electrons. The number of urea groups is 1. The van der Waals surface area contributed by atoms with Gasteiger partial charge in [-0.05, 0) is 42.7 Å². The second kappa shape index (κ2) is 9.05. The molecule has 0 spiro atoms. The molecule has 4 amide bonds. The van der Waals surface area contributed by atoms with Crippen molar-refractivity contribution in [2.45, 2.75) is 24.9 Å². The number of nitrogens with one attached hydrogen (secondary N) is 2. The van der Waals surface area contributed by atoms with Crippen LogP contribution in [0.2, 0.25) is 0 Å². The molecule has 1 fully saturated rings. The molecule has 0 radical (unpaired) electrons. The zero-order valence-electron chi connectivity index (χ0n) is 18.7. The van der Waals surface area contributed by atoms with Gasteiger partial charge in [0, 0.05) is 12.6 Å². The van der Waals surface area contributed by atoms with Gasteiger partial charge in [-0.1, -0.05) is 36.4 Å². The zero-order valence-corrected chi connectivity index (χ0v) is 18.7. The SMILES string of the molecule is C=CCN1C(=O)NC(c2cccc(Oc3ccccc3)c2)C2=C1CN(CC(=O)NC1CC1)C2=O. The van der Waals surface area contributed by atoms with E-state index in [-0.39, 0.29) is 43.5 Å². The average Bonchev–Trinajstić information content (AvgIpc) is 3.59. The molecule has 2 aromatic rings. The van der Waals surface area contributed by atoms with Gasteiger partial charge in [0.05, 0.1) is 23.9 Å². The van der Waals surface area contributed by atoms with Crippen LogP contribution in [0.1, 0.15) is 24.4 Å². The number of carbonyl (C=O) groups is 3. The van der Waals surface area contributed by atoms with Crippen molar-refractivity contribution in [2.24, 2.45) is 0 Å². The fraction of sp³-hybridized carbons (Fsp3) is 0.269. The standard InChI is InChI=1S/C26H26N4O4/c1-2-13-30-21-15-29(16-22(31)27-18-11-12-18)25(32)23(21)24(28-26(30)33)17-7-6-10-20(14-17)34-19-8-4-3-5-9-19/h2-10,14,18,24H,1,11-13,15-16H2,(H,27,31)(H,28,33). The smallest absolute Gasteiger partial charge is 0.322 e. The fourth-order valence-electron chi connectivity index (χ4n) is 4.30. The number of hydrogen-bond acceptors (Lipinski definition) is 4. The van der Waals surface area contributed by atoms with E-state index in [9.17, 15) is 14.4 Å². The Morgan fingerprint density at radius 1 is 1.12 bits per heavy atom. The minimum absolute atomic E-state index is 0.0394. The van der Waals surface area contributed by atoms with Gasteiger partial charge in [0.2, 0.25) is 5.91 Å². The molecule has 1 saturated carbocycles. The summed E-state index contributed by atoms with van der Waals surface area (Å²) in [5, 5.41) is 5.88. The highest BCUT2D eigenvalue weighted by Gasteiger charge is 2.44. The topological polar surface area (TPSA) is 91.0 Å². The molecule has 1 unspecified atom stereocenters. The predicted molar refractivity (Wildman–Crippen MR) is 126 cm³/mol. The molecule has 0 aromatic heterocycles. The summed E-state index contributed by atoms with van der Waals surface area (Å²) < 4.78 is 5.95. The molecule has 2 aliphatic heterocycles. The van der Waals surface area contributed by atoms with E-state index >= 15 is 0 Å². The Morgan fingerprint density at radius 3 is 2.62 bits per heavy atom. The Hall–Kier alpha value is -4.07. The van der Waals surface area contributed by atoms with Gasteiger partial charge in [-0.15, -0.1) is 6.58 Å². The maximum absolute atomic E-state index is 13.4. The molecular formula is C26H26N4O4. The Balaban J connectivity index is 1.43. The summed E-state index contributed by atoms with van der Waals surface area (Å²) in [6, 6.07) is 16.0. The van der Waals surface area contributed by atoms with E-state index in [0.29, 0.717) is 22.8 Å². The third kappa shape index (κ3) is 4.39. The second-order valence-electron chi connectivity index (χ2n) is 8.63. The minimum atomic E-state index is -0.646. The number of carbonyl (C=O) groups excluding carboxylic acids is 3. The van der Waals surface area contributed by atoms with Gasteiger partial charge in [0.1, 0.15) is 18.0 Å². The van der Waals surface area contributed by atoms with Crippen molar-refractivity contribution in [2.75, 3.05) is 19.6 Å². The molecule has 3 aliphatic rings. The van der Waals surface area contributed by atoms with Crippen LogP contribution in [0.4, 0.5) is 4.79 Å². The van der Waals surface area contributed by atoms with Crippen molar-refractivity contribution in [1.29, 1.82) is 0 Å². The summed E-state index contributed by atoms with van der Waals surface area (Å²) in [4.78, 5) is 41.8. The minimum Gasteiger partial charge on any atom is -0.457 e. The van der Waals surface area contributed by atoms with E-state index in [1.54, 1.807) is 6.08 Å². The van der Waals surface area contributed by atoms with Crippen LogP contribution < -0.4 is 15.4 Å². The van der Waals surface area contributed by atoms with Crippen LogP contribution >= 0.6 is 0 Å².